The van der Waals surface area contributed by atoms with E-state index in [-0.39, 0.29) is 104 Å². The fraction of sp³-hybridized carbons (Fsp3) is 0.881. The first-order chi connectivity index (χ1) is 38.8. The molecule has 0 amide bonds. The molecule has 0 saturated carbocycles. The number of halogens is 36. The zero-order valence-corrected chi connectivity index (χ0v) is 46.6. The van der Waals surface area contributed by atoms with Gasteiger partial charge in [-0.15, -0.1) is 0 Å². The number of hydrogen-bond acceptors (Lipinski definition) is 14. The molecule has 5 rings (SSSR count). The Morgan fingerprint density at radius 3 is 0.837 bits per heavy atom. The molecular formula is C42H55F36N7O7. The van der Waals surface area contributed by atoms with Crippen molar-refractivity contribution in [2.24, 2.45) is 11.8 Å². The quantitative estimate of drug-likeness (QED) is 0.0879. The van der Waals surface area contributed by atoms with Crippen molar-refractivity contribution in [2.75, 3.05) is 119 Å². The van der Waals surface area contributed by atoms with Gasteiger partial charge in [0.05, 0.1) is 25.2 Å². The molecule has 92 heavy (non-hydrogen) atoms. The standard InChI is InChI=1S/C10H11F8NO.C9H9F8NO2.2C8H11F5N2O.C7H8F5NO2.5FH/c1-5-2-6(9(14,15)16)4-19(3-5)10(17,18)8(12,13)7(11)20;1-4-2-18(3-5(20-4)8(13,14)15)9(16,17)7(11,12)6(10)19;2*1-14-2-4-15(5-3-14)8(12,13)7(10,11)6(9)16;8-5(14)6(9,10)7(11,12)13-1-3-15-4-2-13;;;;;/h5-6H,2-4H2,1H3;4-5H,2-3H2,1H3;2*2-5H2,1H3;1-4H2;5*1H. The van der Waals surface area contributed by atoms with Gasteiger partial charge >= 0.3 is 102 Å². The van der Waals surface area contributed by atoms with E-state index in [1.165, 1.54) is 6.92 Å². The average Bonchev–Trinajstić information content (AvgIpc) is 0.809. The monoisotopic (exact) mass is 1450 g/mol. The lowest BCUT2D eigenvalue weighted by Crippen LogP contribution is -2.64. The van der Waals surface area contributed by atoms with E-state index in [4.69, 9.17) is 0 Å². The number of ether oxygens (including phenoxy) is 2. The van der Waals surface area contributed by atoms with Gasteiger partial charge in [0.2, 0.25) is 0 Å². The van der Waals surface area contributed by atoms with Crippen LogP contribution in [-0.4, -0.2) is 268 Å². The van der Waals surface area contributed by atoms with Crippen LogP contribution in [0.2, 0.25) is 0 Å². The number of alkyl halides is 26. The lowest BCUT2D eigenvalue weighted by Gasteiger charge is -2.42. The third-order valence-electron chi connectivity index (χ3n) is 12.9. The minimum atomic E-state index is -5.74. The van der Waals surface area contributed by atoms with Crippen LogP contribution in [0.4, 0.5) is 160 Å². The first kappa shape index (κ1) is 96.2. The van der Waals surface area contributed by atoms with Crippen molar-refractivity contribution in [3.63, 3.8) is 0 Å². The van der Waals surface area contributed by atoms with Gasteiger partial charge in [-0.05, 0) is 33.4 Å². The molecule has 5 aliphatic heterocycles. The number of rotatable bonds is 15. The highest BCUT2D eigenvalue weighted by Gasteiger charge is 2.71. The fourth-order valence-corrected chi connectivity index (χ4v) is 7.78. The third-order valence-corrected chi connectivity index (χ3v) is 12.9. The summed E-state index contributed by atoms with van der Waals surface area (Å²) in [5.74, 6) is -30.5. The Morgan fingerprint density at radius 2 is 0.587 bits per heavy atom. The second kappa shape index (κ2) is 34.9. The minimum Gasteiger partial charge on any atom is -0.379 e. The highest BCUT2D eigenvalue weighted by molar-refractivity contribution is 5.79. The Morgan fingerprint density at radius 1 is 0.337 bits per heavy atom. The molecule has 552 valence electrons. The summed E-state index contributed by atoms with van der Waals surface area (Å²) in [6, 6.07) is -42.2. The van der Waals surface area contributed by atoms with E-state index < -0.39 is 182 Å². The summed E-state index contributed by atoms with van der Waals surface area (Å²) >= 11 is 0. The van der Waals surface area contributed by atoms with E-state index in [1.54, 1.807) is 23.9 Å². The first-order valence-corrected chi connectivity index (χ1v) is 24.0. The van der Waals surface area contributed by atoms with E-state index in [0.717, 1.165) is 6.92 Å². The van der Waals surface area contributed by atoms with Crippen LogP contribution >= 0.6 is 0 Å². The zero-order chi connectivity index (χ0) is 68.7. The molecule has 0 aromatic carbocycles. The third kappa shape index (κ3) is 22.5. The average molecular weight is 1450 g/mol. The summed E-state index contributed by atoms with van der Waals surface area (Å²) in [5.41, 5.74) is 0. The summed E-state index contributed by atoms with van der Waals surface area (Å²) in [6.07, 6.45) is -14.6. The molecule has 0 aromatic heterocycles. The van der Waals surface area contributed by atoms with Gasteiger partial charge in [-0.25, -0.2) is 24.5 Å². The van der Waals surface area contributed by atoms with E-state index in [9.17, 15) is 160 Å². The molecule has 5 heterocycles. The Labute approximate surface area is 493 Å². The zero-order valence-electron chi connectivity index (χ0n) is 46.6. The smallest absolute Gasteiger partial charge is 0.379 e. The number of likely N-dealkylation sites (tertiary alicyclic amines) is 1. The molecule has 14 nitrogen and oxygen atoms in total. The lowest BCUT2D eigenvalue weighted by molar-refractivity contribution is -0.319. The van der Waals surface area contributed by atoms with Crippen LogP contribution in [-0.2, 0) is 33.4 Å². The largest absolute Gasteiger partial charge is 0.415 e. The molecule has 0 aromatic rings. The molecule has 0 spiro atoms. The summed E-state index contributed by atoms with van der Waals surface area (Å²) in [5, 5.41) is 0. The Hall–Kier alpha value is -4.53. The van der Waals surface area contributed by atoms with Crippen molar-refractivity contribution in [3.05, 3.63) is 0 Å². The van der Waals surface area contributed by atoms with Crippen molar-refractivity contribution in [1.29, 1.82) is 0 Å². The van der Waals surface area contributed by atoms with Crippen molar-refractivity contribution in [1.82, 2.24) is 34.3 Å². The van der Waals surface area contributed by atoms with Crippen LogP contribution in [0.15, 0.2) is 0 Å². The number of likely N-dealkylation sites (N-methyl/N-ethyl adjacent to an activating group) is 2. The van der Waals surface area contributed by atoms with Crippen LogP contribution in [0.3, 0.4) is 0 Å². The summed E-state index contributed by atoms with van der Waals surface area (Å²) in [7, 11) is 3.29. The molecule has 0 radical (unpaired) electrons. The minimum absolute atomic E-state index is 0. The highest BCUT2D eigenvalue weighted by atomic mass is 19.4. The van der Waals surface area contributed by atoms with E-state index in [0.29, 0.717) is 0 Å². The number of nitrogens with zero attached hydrogens (tertiary/aromatic N) is 7. The SMILES string of the molecule is CC1CC(C(F)(F)F)CN(C(F)(F)C(F)(F)C(=O)F)C1.CC1CN(C(F)(F)C(F)(F)C(=O)F)CC(C(F)(F)F)O1.CN1CCN(C(F)(F)C(F)(F)C(=O)F)CC1.CN1CCN(C(F)(F)C(F)(F)C(=O)F)CC1.F.F.F.F.F.O=C(F)C(F)(F)C(F)(F)N1CCOCC1. The highest BCUT2D eigenvalue weighted by Crippen LogP contribution is 2.46. The fourth-order valence-electron chi connectivity index (χ4n) is 7.78. The molecule has 4 atom stereocenters. The van der Waals surface area contributed by atoms with Crippen molar-refractivity contribution in [2.45, 2.75) is 105 Å². The predicted molar refractivity (Wildman–Crippen MR) is 240 cm³/mol. The number of morpholine rings is 2. The van der Waals surface area contributed by atoms with Crippen molar-refractivity contribution < 1.29 is 193 Å². The van der Waals surface area contributed by atoms with Crippen LogP contribution in [0.25, 0.3) is 0 Å². The molecule has 5 saturated heterocycles. The van der Waals surface area contributed by atoms with E-state index in [1.807, 2.05) is 0 Å². The molecular weight excluding hydrogens is 1400 g/mol. The van der Waals surface area contributed by atoms with Gasteiger partial charge in [0, 0.05) is 91.6 Å². The second-order valence-electron chi connectivity index (χ2n) is 19.5. The van der Waals surface area contributed by atoms with Crippen molar-refractivity contribution >= 4 is 30.2 Å². The maximum Gasteiger partial charge on any atom is 0.415 e. The summed E-state index contributed by atoms with van der Waals surface area (Å²) in [4.78, 5) is 52.0. The van der Waals surface area contributed by atoms with E-state index in [2.05, 4.69) is 9.47 Å². The topological polar surface area (TPSA) is 126 Å². The lowest BCUT2D eigenvalue weighted by atomic mass is 9.89. The summed E-state index contributed by atoms with van der Waals surface area (Å²) < 4.78 is 403. The Bertz CT molecular complexity index is 2160. The van der Waals surface area contributed by atoms with Crippen molar-refractivity contribution in [3.8, 4) is 0 Å². The number of carbonyl (C=O) groups is 5. The molecule has 0 N–H and O–H groups in total. The van der Waals surface area contributed by atoms with Crippen LogP contribution in [0, 0.1) is 11.8 Å². The predicted octanol–water partition coefficient (Wildman–Crippen LogP) is 9.31. The number of carbonyl (C=O) groups excluding carboxylic acids is 5. The van der Waals surface area contributed by atoms with Gasteiger partial charge in [-0.2, -0.15) is 136 Å². The maximum atomic E-state index is 13.4. The number of hydrogen-bond donors (Lipinski definition) is 0. The number of piperazine rings is 2. The van der Waals surface area contributed by atoms with Gasteiger partial charge in [-0.1, -0.05) is 6.92 Å². The molecule has 5 fully saturated rings. The first-order valence-electron chi connectivity index (χ1n) is 24.0. The van der Waals surface area contributed by atoms with Gasteiger partial charge < -0.3 is 19.3 Å². The van der Waals surface area contributed by atoms with E-state index >= 15 is 0 Å². The Kier molecular flexibility index (Phi) is 36.5. The van der Waals surface area contributed by atoms with Gasteiger partial charge in [0.25, 0.3) is 0 Å². The molecule has 4 unspecified atom stereocenters. The number of piperidine rings is 1. The van der Waals surface area contributed by atoms with Crippen LogP contribution < -0.4 is 0 Å². The normalized spacial score (nSPS) is 22.2. The second-order valence-corrected chi connectivity index (χ2v) is 19.5. The van der Waals surface area contributed by atoms with Gasteiger partial charge in [-0.3, -0.25) is 47.5 Å². The summed E-state index contributed by atoms with van der Waals surface area (Å²) in [6.45, 7) is -4.72. The molecule has 50 heteroatoms. The van der Waals surface area contributed by atoms with Crippen LogP contribution in [0.1, 0.15) is 20.3 Å². The molecule has 0 bridgehead atoms. The Balaban J connectivity index is -0.000000340. The molecule has 0 aliphatic carbocycles. The van der Waals surface area contributed by atoms with Gasteiger partial charge in [0.1, 0.15) is 0 Å². The maximum absolute atomic E-state index is 13.4. The van der Waals surface area contributed by atoms with Gasteiger partial charge in [0.15, 0.2) is 6.10 Å². The van der Waals surface area contributed by atoms with Crippen LogP contribution in [0.5, 0.6) is 0 Å². The molecule has 5 aliphatic rings.